The topological polar surface area (TPSA) is 103 Å². The largest absolute Gasteiger partial charge is 0.478 e. The predicted octanol–water partition coefficient (Wildman–Crippen LogP) is 3.10. The van der Waals surface area contributed by atoms with Gasteiger partial charge in [-0.15, -0.1) is 0 Å². The number of aryl methyl sites for hydroxylation is 2. The van der Waals surface area contributed by atoms with Crippen molar-refractivity contribution in [2.75, 3.05) is 0 Å². The van der Waals surface area contributed by atoms with Crippen LogP contribution in [0.5, 0.6) is 11.6 Å². The second-order valence-electron chi connectivity index (χ2n) is 4.47. The normalized spacial score (nSPS) is 10.2. The first-order valence-corrected chi connectivity index (χ1v) is 6.01. The Balaban J connectivity index is 2.43. The number of carboxylic acids is 1. The average molecular weight is 288 g/mol. The second-order valence-corrected chi connectivity index (χ2v) is 4.47. The van der Waals surface area contributed by atoms with Gasteiger partial charge in [0.25, 0.3) is 5.69 Å². The molecule has 0 aliphatic carbocycles. The van der Waals surface area contributed by atoms with E-state index < -0.39 is 10.9 Å². The molecule has 0 saturated carbocycles. The number of rotatable bonds is 4. The lowest BCUT2D eigenvalue weighted by molar-refractivity contribution is -0.385. The van der Waals surface area contributed by atoms with Crippen LogP contribution in [0.3, 0.4) is 0 Å². The molecule has 2 aromatic rings. The van der Waals surface area contributed by atoms with Crippen molar-refractivity contribution in [2.24, 2.45) is 0 Å². The number of hydrogen-bond donors (Lipinski definition) is 1. The molecule has 7 nitrogen and oxygen atoms in total. The average Bonchev–Trinajstić information content (AvgIpc) is 2.40. The molecule has 1 aromatic carbocycles. The standard InChI is InChI=1S/C14H12N2O5/c1-8-3-4-10(14(17)18)12(5-8)21-13-6-11(16(19)20)9(2)7-15-13/h3-7H,1-2H3,(H,17,18). The van der Waals surface area contributed by atoms with Gasteiger partial charge in [-0.1, -0.05) is 6.07 Å². The van der Waals surface area contributed by atoms with Gasteiger partial charge in [-0.25, -0.2) is 9.78 Å². The third-order valence-electron chi connectivity index (χ3n) is 2.83. The minimum Gasteiger partial charge on any atom is -0.478 e. The number of benzene rings is 1. The van der Waals surface area contributed by atoms with E-state index in [9.17, 15) is 14.9 Å². The molecule has 2 rings (SSSR count). The highest BCUT2D eigenvalue weighted by atomic mass is 16.6. The van der Waals surface area contributed by atoms with Crippen molar-refractivity contribution in [1.29, 1.82) is 0 Å². The monoisotopic (exact) mass is 288 g/mol. The van der Waals surface area contributed by atoms with Crippen molar-refractivity contribution >= 4 is 11.7 Å². The zero-order chi connectivity index (χ0) is 15.6. The first-order chi connectivity index (χ1) is 9.88. The van der Waals surface area contributed by atoms with E-state index in [1.807, 2.05) is 0 Å². The fourth-order valence-electron chi connectivity index (χ4n) is 1.75. The molecule has 0 fully saturated rings. The summed E-state index contributed by atoms with van der Waals surface area (Å²) in [4.78, 5) is 25.4. The summed E-state index contributed by atoms with van der Waals surface area (Å²) in [5, 5.41) is 20.0. The summed E-state index contributed by atoms with van der Waals surface area (Å²) in [7, 11) is 0. The number of hydrogen-bond acceptors (Lipinski definition) is 5. The highest BCUT2D eigenvalue weighted by Crippen LogP contribution is 2.28. The molecule has 0 radical (unpaired) electrons. The summed E-state index contributed by atoms with van der Waals surface area (Å²) in [6.45, 7) is 3.34. The van der Waals surface area contributed by atoms with E-state index in [1.165, 1.54) is 24.4 Å². The van der Waals surface area contributed by atoms with Crippen molar-refractivity contribution in [2.45, 2.75) is 13.8 Å². The van der Waals surface area contributed by atoms with Crippen molar-refractivity contribution in [3.05, 3.63) is 57.3 Å². The Kier molecular flexibility index (Phi) is 3.84. The van der Waals surface area contributed by atoms with Crippen molar-refractivity contribution in [1.82, 2.24) is 4.98 Å². The zero-order valence-electron chi connectivity index (χ0n) is 11.4. The molecule has 0 atom stereocenters. The molecule has 0 unspecified atom stereocenters. The van der Waals surface area contributed by atoms with Gasteiger partial charge >= 0.3 is 5.97 Å². The fraction of sp³-hybridized carbons (Fsp3) is 0.143. The van der Waals surface area contributed by atoms with E-state index in [4.69, 9.17) is 9.84 Å². The van der Waals surface area contributed by atoms with Crippen LogP contribution in [0.1, 0.15) is 21.5 Å². The fourth-order valence-corrected chi connectivity index (χ4v) is 1.75. The maximum Gasteiger partial charge on any atom is 0.339 e. The van der Waals surface area contributed by atoms with Crippen molar-refractivity contribution in [3.63, 3.8) is 0 Å². The highest BCUT2D eigenvalue weighted by Gasteiger charge is 2.16. The number of ether oxygens (including phenoxy) is 1. The third-order valence-corrected chi connectivity index (χ3v) is 2.83. The summed E-state index contributed by atoms with van der Waals surface area (Å²) < 4.78 is 5.40. The minimum atomic E-state index is -1.15. The van der Waals surface area contributed by atoms with Crippen LogP contribution in [0.25, 0.3) is 0 Å². The van der Waals surface area contributed by atoms with Crippen LogP contribution in [0.4, 0.5) is 5.69 Å². The molecule has 1 heterocycles. The van der Waals surface area contributed by atoms with Crippen LogP contribution < -0.4 is 4.74 Å². The van der Waals surface area contributed by atoms with Gasteiger partial charge in [0, 0.05) is 11.8 Å². The van der Waals surface area contributed by atoms with Crippen LogP contribution in [-0.4, -0.2) is 21.0 Å². The molecule has 0 amide bonds. The summed E-state index contributed by atoms with van der Waals surface area (Å²) in [6.07, 6.45) is 1.31. The van der Waals surface area contributed by atoms with Gasteiger partial charge in [-0.2, -0.15) is 0 Å². The van der Waals surface area contributed by atoms with Crippen LogP contribution >= 0.6 is 0 Å². The van der Waals surface area contributed by atoms with E-state index in [1.54, 1.807) is 19.9 Å². The molecule has 21 heavy (non-hydrogen) atoms. The van der Waals surface area contributed by atoms with Crippen LogP contribution in [0.2, 0.25) is 0 Å². The Bertz CT molecular complexity index is 727. The predicted molar refractivity (Wildman–Crippen MR) is 73.8 cm³/mol. The second kappa shape index (κ2) is 5.58. The number of carboxylic acid groups (broad SMARTS) is 1. The van der Waals surface area contributed by atoms with Gasteiger partial charge in [0.15, 0.2) is 0 Å². The number of carbonyl (C=O) groups is 1. The maximum atomic E-state index is 11.1. The first-order valence-electron chi connectivity index (χ1n) is 6.01. The Morgan fingerprint density at radius 3 is 2.67 bits per heavy atom. The van der Waals surface area contributed by atoms with Gasteiger partial charge in [0.05, 0.1) is 11.0 Å². The van der Waals surface area contributed by atoms with Gasteiger partial charge in [-0.3, -0.25) is 10.1 Å². The lowest BCUT2D eigenvalue weighted by Gasteiger charge is -2.09. The van der Waals surface area contributed by atoms with Crippen LogP contribution in [0, 0.1) is 24.0 Å². The molecular weight excluding hydrogens is 276 g/mol. The number of nitro groups is 1. The minimum absolute atomic E-state index is 0.0274. The number of aromatic carboxylic acids is 1. The smallest absolute Gasteiger partial charge is 0.339 e. The molecule has 1 N–H and O–H groups in total. The van der Waals surface area contributed by atoms with Gasteiger partial charge in [-0.05, 0) is 31.5 Å². The van der Waals surface area contributed by atoms with E-state index in [0.717, 1.165) is 5.56 Å². The molecule has 108 valence electrons. The first kappa shape index (κ1) is 14.4. The summed E-state index contributed by atoms with van der Waals surface area (Å²) in [6, 6.07) is 5.76. The molecule has 0 spiro atoms. The molecule has 0 saturated heterocycles. The van der Waals surface area contributed by atoms with E-state index in [2.05, 4.69) is 4.98 Å². The molecule has 7 heteroatoms. The zero-order valence-corrected chi connectivity index (χ0v) is 11.4. The van der Waals surface area contributed by atoms with Crippen molar-refractivity contribution in [3.8, 4) is 11.6 Å². The van der Waals surface area contributed by atoms with Gasteiger partial charge in [0.2, 0.25) is 5.88 Å². The number of pyridine rings is 1. The van der Waals surface area contributed by atoms with Gasteiger partial charge in [0.1, 0.15) is 11.3 Å². The van der Waals surface area contributed by atoms with Crippen molar-refractivity contribution < 1.29 is 19.6 Å². The van der Waals surface area contributed by atoms with Crippen LogP contribution in [-0.2, 0) is 0 Å². The Hall–Kier alpha value is -2.96. The molecule has 0 bridgehead atoms. The molecule has 1 aromatic heterocycles. The highest BCUT2D eigenvalue weighted by molar-refractivity contribution is 5.91. The lowest BCUT2D eigenvalue weighted by Crippen LogP contribution is -2.01. The summed E-state index contributed by atoms with van der Waals surface area (Å²) in [5.41, 5.74) is 1.03. The van der Waals surface area contributed by atoms with Crippen LogP contribution in [0.15, 0.2) is 30.5 Å². The summed E-state index contributed by atoms with van der Waals surface area (Å²) in [5.74, 6) is -1.08. The number of aromatic nitrogens is 1. The summed E-state index contributed by atoms with van der Waals surface area (Å²) >= 11 is 0. The van der Waals surface area contributed by atoms with Gasteiger partial charge < -0.3 is 9.84 Å². The molecule has 0 aliphatic rings. The number of nitrogens with zero attached hydrogens (tertiary/aromatic N) is 2. The van der Waals surface area contributed by atoms with E-state index in [0.29, 0.717) is 5.56 Å². The molecule has 0 aliphatic heterocycles. The van der Waals surface area contributed by atoms with E-state index >= 15 is 0 Å². The SMILES string of the molecule is Cc1ccc(C(=O)O)c(Oc2cc([N+](=O)[O-])c(C)cn2)c1. The lowest BCUT2D eigenvalue weighted by atomic mass is 10.1. The Morgan fingerprint density at radius 1 is 1.33 bits per heavy atom. The Morgan fingerprint density at radius 2 is 2.05 bits per heavy atom. The van der Waals surface area contributed by atoms with E-state index in [-0.39, 0.29) is 22.9 Å². The quantitative estimate of drug-likeness (QED) is 0.685. The maximum absolute atomic E-state index is 11.1. The Labute approximate surface area is 120 Å². The molecular formula is C14H12N2O5. The third kappa shape index (κ3) is 3.14.